The van der Waals surface area contributed by atoms with Crippen LogP contribution in [0.15, 0.2) is 176 Å². The Kier molecular flexibility index (Phi) is 7.44. The van der Waals surface area contributed by atoms with E-state index in [2.05, 4.69) is 119 Å². The SMILES string of the molecule is C=C(/C=C\C=C(/C)c1nc(-c2ccccc2)nc(-c2ccccc2)n1)n1c2ccccc2c2ccc3c4ccccc4n(-c4ccccc4)c3c21. The van der Waals surface area contributed by atoms with Crippen LogP contribution < -0.4 is 0 Å². The molecule has 51 heavy (non-hydrogen) atoms. The first-order chi connectivity index (χ1) is 25.2. The lowest BCUT2D eigenvalue weighted by atomic mass is 10.1. The highest BCUT2D eigenvalue weighted by atomic mass is 15.1. The third-order valence-electron chi connectivity index (χ3n) is 9.46. The van der Waals surface area contributed by atoms with Gasteiger partial charge in [-0.2, -0.15) is 0 Å². The van der Waals surface area contributed by atoms with E-state index in [1.807, 2.05) is 73.7 Å². The molecule has 242 valence electrons. The largest absolute Gasteiger partial charge is 0.308 e. The van der Waals surface area contributed by atoms with Gasteiger partial charge in [0.25, 0.3) is 0 Å². The molecule has 5 nitrogen and oxygen atoms in total. The Labute approximate surface area is 295 Å². The molecule has 0 atom stereocenters. The van der Waals surface area contributed by atoms with Crippen LogP contribution in [0.25, 0.3) is 83.3 Å². The van der Waals surface area contributed by atoms with Crippen LogP contribution in [0.2, 0.25) is 0 Å². The van der Waals surface area contributed by atoms with E-state index in [1.54, 1.807) is 0 Å². The van der Waals surface area contributed by atoms with Crippen molar-refractivity contribution < 1.29 is 0 Å². The number of benzene rings is 6. The summed E-state index contributed by atoms with van der Waals surface area (Å²) in [6.07, 6.45) is 6.16. The average molecular weight is 656 g/mol. The fourth-order valence-electron chi connectivity index (χ4n) is 7.08. The summed E-state index contributed by atoms with van der Waals surface area (Å²) >= 11 is 0. The van der Waals surface area contributed by atoms with Crippen molar-refractivity contribution >= 4 is 54.9 Å². The van der Waals surface area contributed by atoms with Gasteiger partial charge >= 0.3 is 0 Å². The first-order valence-corrected chi connectivity index (χ1v) is 17.1. The highest BCUT2D eigenvalue weighted by molar-refractivity contribution is 6.24. The van der Waals surface area contributed by atoms with Crippen LogP contribution in [-0.4, -0.2) is 24.1 Å². The Balaban J connectivity index is 1.19. The van der Waals surface area contributed by atoms with Crippen molar-refractivity contribution in [2.75, 3.05) is 0 Å². The molecule has 0 aliphatic carbocycles. The van der Waals surface area contributed by atoms with Crippen molar-refractivity contribution in [3.63, 3.8) is 0 Å². The average Bonchev–Trinajstić information content (AvgIpc) is 3.72. The van der Waals surface area contributed by atoms with Gasteiger partial charge in [-0.05, 0) is 42.8 Å². The van der Waals surface area contributed by atoms with E-state index in [0.717, 1.165) is 44.6 Å². The smallest absolute Gasteiger partial charge is 0.164 e. The van der Waals surface area contributed by atoms with Gasteiger partial charge in [-0.25, -0.2) is 15.0 Å². The predicted molar refractivity (Wildman–Crippen MR) is 213 cm³/mol. The van der Waals surface area contributed by atoms with Gasteiger partial charge in [-0.15, -0.1) is 0 Å². The highest BCUT2D eigenvalue weighted by Gasteiger charge is 2.20. The first-order valence-electron chi connectivity index (χ1n) is 17.1. The van der Waals surface area contributed by atoms with Crippen LogP contribution >= 0.6 is 0 Å². The van der Waals surface area contributed by atoms with Gasteiger partial charge in [-0.1, -0.05) is 146 Å². The Hall–Kier alpha value is -6.85. The lowest BCUT2D eigenvalue weighted by molar-refractivity contribution is 1.03. The van der Waals surface area contributed by atoms with Crippen molar-refractivity contribution in [3.8, 4) is 28.5 Å². The molecular formula is C46H33N5. The normalized spacial score (nSPS) is 12.1. The van der Waals surface area contributed by atoms with Gasteiger partial charge in [0.05, 0.1) is 22.1 Å². The Morgan fingerprint density at radius 2 is 1.04 bits per heavy atom. The summed E-state index contributed by atoms with van der Waals surface area (Å²) in [5.74, 6) is 1.91. The molecule has 0 spiro atoms. The quantitative estimate of drug-likeness (QED) is 0.161. The molecule has 0 fully saturated rings. The zero-order valence-electron chi connectivity index (χ0n) is 28.1. The molecule has 0 aliphatic rings. The van der Waals surface area contributed by atoms with E-state index >= 15 is 0 Å². The molecule has 0 amide bonds. The maximum absolute atomic E-state index is 4.90. The summed E-state index contributed by atoms with van der Waals surface area (Å²) in [7, 11) is 0. The maximum atomic E-state index is 4.90. The topological polar surface area (TPSA) is 48.5 Å². The summed E-state index contributed by atoms with van der Waals surface area (Å²) < 4.78 is 4.69. The van der Waals surface area contributed by atoms with E-state index in [9.17, 15) is 0 Å². The highest BCUT2D eigenvalue weighted by Crippen LogP contribution is 2.41. The number of hydrogen-bond acceptors (Lipinski definition) is 3. The zero-order valence-corrected chi connectivity index (χ0v) is 28.1. The molecular weight excluding hydrogens is 623 g/mol. The number of para-hydroxylation sites is 3. The fraction of sp³-hybridized carbons (Fsp3) is 0.0217. The van der Waals surface area contributed by atoms with Crippen molar-refractivity contribution in [2.24, 2.45) is 0 Å². The number of rotatable bonds is 7. The van der Waals surface area contributed by atoms with Gasteiger partial charge in [0.1, 0.15) is 0 Å². The summed E-state index contributed by atoms with van der Waals surface area (Å²) in [6.45, 7) is 6.67. The van der Waals surface area contributed by atoms with Crippen LogP contribution in [0.3, 0.4) is 0 Å². The molecule has 3 heterocycles. The minimum atomic E-state index is 0.629. The minimum Gasteiger partial charge on any atom is -0.308 e. The maximum Gasteiger partial charge on any atom is 0.164 e. The van der Waals surface area contributed by atoms with E-state index < -0.39 is 0 Å². The van der Waals surface area contributed by atoms with Crippen LogP contribution in [0, 0.1) is 0 Å². The summed E-state index contributed by atoms with van der Waals surface area (Å²) in [6, 6.07) is 52.5. The monoisotopic (exact) mass is 655 g/mol. The first kappa shape index (κ1) is 30.2. The van der Waals surface area contributed by atoms with Crippen LogP contribution in [0.5, 0.6) is 0 Å². The third-order valence-corrected chi connectivity index (χ3v) is 9.46. The molecule has 0 bridgehead atoms. The molecule has 0 saturated carbocycles. The Morgan fingerprint density at radius 1 is 0.529 bits per heavy atom. The summed E-state index contributed by atoms with van der Waals surface area (Å²) in [5, 5.41) is 4.80. The molecule has 0 aliphatic heterocycles. The van der Waals surface area contributed by atoms with Gasteiger partial charge in [0, 0.05) is 44.1 Å². The van der Waals surface area contributed by atoms with E-state index in [4.69, 9.17) is 15.0 Å². The van der Waals surface area contributed by atoms with Gasteiger partial charge in [-0.3, -0.25) is 0 Å². The number of fused-ring (bicyclic) bond motifs is 7. The molecule has 0 radical (unpaired) electrons. The second-order valence-corrected chi connectivity index (χ2v) is 12.6. The summed E-state index contributed by atoms with van der Waals surface area (Å²) in [4.78, 5) is 14.6. The molecule has 0 N–H and O–H groups in total. The molecule has 0 unspecified atom stereocenters. The zero-order chi connectivity index (χ0) is 34.3. The second-order valence-electron chi connectivity index (χ2n) is 12.6. The molecule has 0 saturated heterocycles. The van der Waals surface area contributed by atoms with Gasteiger partial charge in [0.15, 0.2) is 17.5 Å². The minimum absolute atomic E-state index is 0.629. The number of allylic oxidation sites excluding steroid dienone is 5. The van der Waals surface area contributed by atoms with E-state index in [1.165, 1.54) is 27.1 Å². The molecule has 3 aromatic heterocycles. The molecule has 9 rings (SSSR count). The fourth-order valence-corrected chi connectivity index (χ4v) is 7.08. The molecule has 9 aromatic rings. The molecule has 6 aromatic carbocycles. The number of nitrogens with zero attached hydrogens (tertiary/aromatic N) is 5. The van der Waals surface area contributed by atoms with E-state index in [-0.39, 0.29) is 0 Å². The summed E-state index contributed by atoms with van der Waals surface area (Å²) in [5.41, 5.74) is 9.35. The Bertz CT molecular complexity index is 2750. The predicted octanol–water partition coefficient (Wildman–Crippen LogP) is 11.5. The number of aromatic nitrogens is 5. The van der Waals surface area contributed by atoms with Crippen molar-refractivity contribution in [2.45, 2.75) is 6.92 Å². The lowest BCUT2D eigenvalue weighted by Gasteiger charge is -2.12. The Morgan fingerprint density at radius 3 is 1.67 bits per heavy atom. The van der Waals surface area contributed by atoms with Crippen LogP contribution in [0.1, 0.15) is 12.7 Å². The van der Waals surface area contributed by atoms with Crippen LogP contribution in [0.4, 0.5) is 0 Å². The van der Waals surface area contributed by atoms with E-state index in [0.29, 0.717) is 17.5 Å². The standard InChI is InChI=1S/C46H33N5/c1-31(44-47-45(33-19-6-3-7-20-33)49-46(48-44)34-21-8-4-9-22-34)17-16-18-32(2)50-40-27-14-12-25-36(40)38-29-30-39-37-26-13-15-28-41(37)51(43(39)42(38)50)35-23-10-5-11-24-35/h3-30H,2H2,1H3/b18-16-,31-17+. The third kappa shape index (κ3) is 5.23. The number of hydrogen-bond donors (Lipinski definition) is 0. The molecule has 5 heteroatoms. The van der Waals surface area contributed by atoms with Crippen molar-refractivity contribution in [3.05, 3.63) is 182 Å². The van der Waals surface area contributed by atoms with Crippen molar-refractivity contribution in [1.29, 1.82) is 0 Å². The van der Waals surface area contributed by atoms with Gasteiger partial charge < -0.3 is 9.13 Å². The second kappa shape index (κ2) is 12.6. The lowest BCUT2D eigenvalue weighted by Crippen LogP contribution is -2.01. The van der Waals surface area contributed by atoms with Gasteiger partial charge in [0.2, 0.25) is 0 Å². The van der Waals surface area contributed by atoms with Crippen LogP contribution in [-0.2, 0) is 0 Å². The van der Waals surface area contributed by atoms with Crippen molar-refractivity contribution in [1.82, 2.24) is 24.1 Å².